The number of hydrogen-bond acceptors (Lipinski definition) is 3. The SMILES string of the molecule is CC(=O)OC[C@@]12CCCC(=O)[C@]1(C)C[C@H](C(C)C)CC2. The third kappa shape index (κ3) is 2.51. The van der Waals surface area contributed by atoms with Crippen LogP contribution in [0.25, 0.3) is 0 Å². The van der Waals surface area contributed by atoms with Crippen LogP contribution >= 0.6 is 0 Å². The molecular formula is C17H28O3. The van der Waals surface area contributed by atoms with Gasteiger partial charge in [0, 0.05) is 24.2 Å². The zero-order chi connectivity index (χ0) is 15.0. The summed E-state index contributed by atoms with van der Waals surface area (Å²) in [5.74, 6) is 1.40. The Morgan fingerprint density at radius 2 is 2.10 bits per heavy atom. The van der Waals surface area contributed by atoms with Gasteiger partial charge in [0.25, 0.3) is 0 Å². The minimum atomic E-state index is -0.298. The summed E-state index contributed by atoms with van der Waals surface area (Å²) in [6.07, 6.45) is 5.80. The van der Waals surface area contributed by atoms with E-state index in [0.717, 1.165) is 32.1 Å². The molecule has 3 heteroatoms. The van der Waals surface area contributed by atoms with E-state index in [1.165, 1.54) is 6.92 Å². The van der Waals surface area contributed by atoms with Crippen LogP contribution in [-0.2, 0) is 14.3 Å². The van der Waals surface area contributed by atoms with Crippen LogP contribution in [0.1, 0.15) is 66.2 Å². The summed E-state index contributed by atoms with van der Waals surface area (Å²) < 4.78 is 5.36. The van der Waals surface area contributed by atoms with Gasteiger partial charge in [-0.3, -0.25) is 9.59 Å². The molecule has 2 fully saturated rings. The molecule has 0 bridgehead atoms. The Morgan fingerprint density at radius 3 is 2.70 bits per heavy atom. The lowest BCUT2D eigenvalue weighted by atomic mass is 9.48. The average molecular weight is 280 g/mol. The molecule has 0 amide bonds. The van der Waals surface area contributed by atoms with Gasteiger partial charge in [0.15, 0.2) is 0 Å². The van der Waals surface area contributed by atoms with Gasteiger partial charge in [-0.15, -0.1) is 0 Å². The first kappa shape index (κ1) is 15.5. The van der Waals surface area contributed by atoms with Crippen molar-refractivity contribution in [3.8, 4) is 0 Å². The highest BCUT2D eigenvalue weighted by Crippen LogP contribution is 2.59. The molecule has 2 aliphatic rings. The Hall–Kier alpha value is -0.860. The highest BCUT2D eigenvalue weighted by Gasteiger charge is 2.57. The van der Waals surface area contributed by atoms with Crippen molar-refractivity contribution in [1.29, 1.82) is 0 Å². The predicted octanol–water partition coefficient (Wildman–Crippen LogP) is 3.75. The first-order chi connectivity index (χ1) is 9.31. The largest absolute Gasteiger partial charge is 0.465 e. The van der Waals surface area contributed by atoms with Gasteiger partial charge < -0.3 is 4.74 Å². The summed E-state index contributed by atoms with van der Waals surface area (Å²) in [6, 6.07) is 0. The van der Waals surface area contributed by atoms with Gasteiger partial charge >= 0.3 is 5.97 Å². The lowest BCUT2D eigenvalue weighted by molar-refractivity contribution is -0.167. The van der Waals surface area contributed by atoms with Crippen LogP contribution in [0.3, 0.4) is 0 Å². The molecule has 0 heterocycles. The van der Waals surface area contributed by atoms with Gasteiger partial charge in [-0.25, -0.2) is 0 Å². The smallest absolute Gasteiger partial charge is 0.302 e. The fourth-order valence-electron chi connectivity index (χ4n) is 4.37. The topological polar surface area (TPSA) is 43.4 Å². The second-order valence-electron chi connectivity index (χ2n) is 7.42. The maximum Gasteiger partial charge on any atom is 0.302 e. The normalized spacial score (nSPS) is 37.6. The molecule has 114 valence electrons. The Labute approximate surface area is 122 Å². The molecule has 0 aliphatic heterocycles. The summed E-state index contributed by atoms with van der Waals surface area (Å²) in [6.45, 7) is 8.51. The van der Waals surface area contributed by atoms with Crippen molar-refractivity contribution < 1.29 is 14.3 Å². The Balaban J connectivity index is 2.27. The fourth-order valence-corrected chi connectivity index (χ4v) is 4.37. The van der Waals surface area contributed by atoms with Crippen LogP contribution in [0.2, 0.25) is 0 Å². The quantitative estimate of drug-likeness (QED) is 0.739. The first-order valence-electron chi connectivity index (χ1n) is 7.97. The van der Waals surface area contributed by atoms with Gasteiger partial charge in [-0.05, 0) is 43.9 Å². The highest BCUT2D eigenvalue weighted by atomic mass is 16.5. The van der Waals surface area contributed by atoms with Crippen molar-refractivity contribution in [3.63, 3.8) is 0 Å². The third-order valence-corrected chi connectivity index (χ3v) is 6.00. The minimum absolute atomic E-state index is 0.112. The summed E-state index contributed by atoms with van der Waals surface area (Å²) in [5, 5.41) is 0. The first-order valence-corrected chi connectivity index (χ1v) is 7.97. The van der Waals surface area contributed by atoms with Crippen molar-refractivity contribution in [2.24, 2.45) is 22.7 Å². The van der Waals surface area contributed by atoms with Crippen LogP contribution in [0.4, 0.5) is 0 Å². The van der Waals surface area contributed by atoms with Gasteiger partial charge in [-0.1, -0.05) is 20.8 Å². The molecule has 3 atom stereocenters. The van der Waals surface area contributed by atoms with Crippen LogP contribution in [0.5, 0.6) is 0 Å². The molecule has 0 unspecified atom stereocenters. The second-order valence-corrected chi connectivity index (χ2v) is 7.42. The number of carbonyl (C=O) groups is 2. The number of hydrogen-bond donors (Lipinski definition) is 0. The van der Waals surface area contributed by atoms with E-state index in [2.05, 4.69) is 20.8 Å². The maximum absolute atomic E-state index is 12.6. The van der Waals surface area contributed by atoms with Crippen LogP contribution < -0.4 is 0 Å². The van der Waals surface area contributed by atoms with Crippen LogP contribution in [0.15, 0.2) is 0 Å². The molecule has 20 heavy (non-hydrogen) atoms. The molecule has 0 spiro atoms. The van der Waals surface area contributed by atoms with E-state index < -0.39 is 0 Å². The number of fused-ring (bicyclic) bond motifs is 1. The zero-order valence-corrected chi connectivity index (χ0v) is 13.3. The van der Waals surface area contributed by atoms with Crippen LogP contribution in [-0.4, -0.2) is 18.4 Å². The predicted molar refractivity (Wildman–Crippen MR) is 78.2 cm³/mol. The standard InChI is InChI=1S/C17H28O3/c1-12(2)14-7-9-17(11-20-13(3)18)8-5-6-15(19)16(17,4)10-14/h12,14H,5-11H2,1-4H3/t14-,16+,17+/m1/s1. The Kier molecular flexibility index (Phi) is 4.27. The van der Waals surface area contributed by atoms with E-state index >= 15 is 0 Å². The average Bonchev–Trinajstić information content (AvgIpc) is 2.37. The third-order valence-electron chi connectivity index (χ3n) is 6.00. The van der Waals surface area contributed by atoms with Crippen molar-refractivity contribution in [2.75, 3.05) is 6.61 Å². The molecule has 0 radical (unpaired) electrons. The molecule has 3 nitrogen and oxygen atoms in total. The monoisotopic (exact) mass is 280 g/mol. The van der Waals surface area contributed by atoms with Crippen molar-refractivity contribution in [3.05, 3.63) is 0 Å². The van der Waals surface area contributed by atoms with E-state index in [0.29, 0.717) is 30.6 Å². The van der Waals surface area contributed by atoms with Gasteiger partial charge in [0.2, 0.25) is 0 Å². The van der Waals surface area contributed by atoms with Crippen molar-refractivity contribution in [1.82, 2.24) is 0 Å². The van der Waals surface area contributed by atoms with Crippen LogP contribution in [0, 0.1) is 22.7 Å². The van der Waals surface area contributed by atoms with Gasteiger partial charge in [0.1, 0.15) is 5.78 Å². The molecule has 0 aromatic rings. The molecule has 2 aliphatic carbocycles. The van der Waals surface area contributed by atoms with E-state index in [4.69, 9.17) is 4.74 Å². The van der Waals surface area contributed by atoms with E-state index in [1.807, 2.05) is 0 Å². The molecular weight excluding hydrogens is 252 g/mol. The number of carbonyl (C=O) groups excluding carboxylic acids is 2. The Bertz CT molecular complexity index is 401. The molecule has 0 aromatic heterocycles. The molecule has 2 rings (SSSR count). The summed E-state index contributed by atoms with van der Waals surface area (Å²) in [7, 11) is 0. The van der Waals surface area contributed by atoms with Crippen molar-refractivity contribution >= 4 is 11.8 Å². The molecule has 0 N–H and O–H groups in total. The number of Topliss-reactive ketones (excluding diaryl/α,β-unsaturated/α-hetero) is 1. The van der Waals surface area contributed by atoms with Gasteiger partial charge in [0.05, 0.1) is 6.61 Å². The van der Waals surface area contributed by atoms with Crippen molar-refractivity contribution in [2.45, 2.75) is 66.2 Å². The number of esters is 1. The summed E-state index contributed by atoms with van der Waals surface area (Å²) in [5.41, 5.74) is -0.409. The van der Waals surface area contributed by atoms with E-state index in [-0.39, 0.29) is 16.8 Å². The maximum atomic E-state index is 12.6. The second kappa shape index (κ2) is 5.50. The lowest BCUT2D eigenvalue weighted by Gasteiger charge is -2.56. The summed E-state index contributed by atoms with van der Waals surface area (Å²) >= 11 is 0. The number of ether oxygens (including phenoxy) is 1. The molecule has 2 saturated carbocycles. The Morgan fingerprint density at radius 1 is 1.40 bits per heavy atom. The molecule has 0 aromatic carbocycles. The highest BCUT2D eigenvalue weighted by molar-refractivity contribution is 5.86. The molecule has 0 saturated heterocycles. The zero-order valence-electron chi connectivity index (χ0n) is 13.3. The lowest BCUT2D eigenvalue weighted by Crippen LogP contribution is -2.55. The van der Waals surface area contributed by atoms with E-state index in [1.54, 1.807) is 0 Å². The fraction of sp³-hybridized carbons (Fsp3) is 0.882. The number of ketones is 1. The minimum Gasteiger partial charge on any atom is -0.465 e. The summed E-state index contributed by atoms with van der Waals surface area (Å²) in [4.78, 5) is 23.8. The van der Waals surface area contributed by atoms with Gasteiger partial charge in [-0.2, -0.15) is 0 Å². The number of rotatable bonds is 3. The van der Waals surface area contributed by atoms with E-state index in [9.17, 15) is 9.59 Å².